The summed E-state index contributed by atoms with van der Waals surface area (Å²) in [5.41, 5.74) is 6.96. The SMILES string of the molecule is CC(=O)c1ccc(S(=O)(=O)Nc2ccc(C(=O)NNC(=O)c3cc4c(s3)CCCC4)cc2)cc1. The molecule has 0 aliphatic heterocycles. The number of anilines is 1. The zero-order valence-corrected chi connectivity index (χ0v) is 20.0. The Kier molecular flexibility index (Phi) is 6.80. The molecule has 1 heterocycles. The molecule has 34 heavy (non-hydrogen) atoms. The average molecular weight is 498 g/mol. The first-order valence-corrected chi connectivity index (χ1v) is 13.0. The van der Waals surface area contributed by atoms with E-state index in [1.165, 1.54) is 77.2 Å². The van der Waals surface area contributed by atoms with E-state index < -0.39 is 15.9 Å². The van der Waals surface area contributed by atoms with Crippen molar-refractivity contribution in [3.8, 4) is 0 Å². The maximum atomic E-state index is 12.6. The Morgan fingerprint density at radius 2 is 1.44 bits per heavy atom. The molecule has 2 amide bonds. The molecular weight excluding hydrogens is 474 g/mol. The number of Topliss-reactive ketones (excluding diaryl/α,β-unsaturated/α-hetero) is 1. The molecule has 0 bridgehead atoms. The Balaban J connectivity index is 1.35. The Labute approximate surface area is 201 Å². The van der Waals surface area contributed by atoms with Gasteiger partial charge in [-0.2, -0.15) is 0 Å². The van der Waals surface area contributed by atoms with Crippen molar-refractivity contribution in [1.82, 2.24) is 10.9 Å². The van der Waals surface area contributed by atoms with Gasteiger partial charge in [0.25, 0.3) is 21.8 Å². The molecule has 0 saturated heterocycles. The number of aryl methyl sites for hydroxylation is 2. The number of carbonyl (C=O) groups excluding carboxylic acids is 3. The first-order chi connectivity index (χ1) is 16.2. The zero-order chi connectivity index (χ0) is 24.3. The van der Waals surface area contributed by atoms with Crippen molar-refractivity contribution in [3.63, 3.8) is 0 Å². The molecule has 3 N–H and O–H groups in total. The van der Waals surface area contributed by atoms with Gasteiger partial charge in [-0.3, -0.25) is 30.0 Å². The minimum absolute atomic E-state index is 0.0114. The number of thiophene rings is 1. The number of nitrogens with one attached hydrogen (secondary N) is 3. The van der Waals surface area contributed by atoms with Gasteiger partial charge in [0, 0.05) is 21.7 Å². The van der Waals surface area contributed by atoms with Crippen molar-refractivity contribution in [1.29, 1.82) is 0 Å². The third-order valence-corrected chi connectivity index (χ3v) is 8.11. The van der Waals surface area contributed by atoms with Crippen LogP contribution in [0.25, 0.3) is 0 Å². The lowest BCUT2D eigenvalue weighted by Crippen LogP contribution is -2.41. The average Bonchev–Trinajstić information content (AvgIpc) is 3.27. The molecule has 0 spiro atoms. The highest BCUT2D eigenvalue weighted by Crippen LogP contribution is 2.29. The van der Waals surface area contributed by atoms with Gasteiger partial charge in [-0.25, -0.2) is 8.42 Å². The van der Waals surface area contributed by atoms with E-state index in [-0.39, 0.29) is 27.8 Å². The number of fused-ring (bicyclic) bond motifs is 1. The van der Waals surface area contributed by atoms with Gasteiger partial charge in [0.2, 0.25) is 0 Å². The quantitative estimate of drug-likeness (QED) is 0.354. The fourth-order valence-corrected chi connectivity index (χ4v) is 5.83. The lowest BCUT2D eigenvalue weighted by molar-refractivity contribution is 0.0849. The summed E-state index contributed by atoms with van der Waals surface area (Å²) in [7, 11) is -3.86. The van der Waals surface area contributed by atoms with Crippen LogP contribution in [-0.4, -0.2) is 26.0 Å². The van der Waals surface area contributed by atoms with Crippen LogP contribution in [0.3, 0.4) is 0 Å². The summed E-state index contributed by atoms with van der Waals surface area (Å²) < 4.78 is 27.6. The summed E-state index contributed by atoms with van der Waals surface area (Å²) >= 11 is 1.45. The van der Waals surface area contributed by atoms with E-state index in [1.54, 1.807) is 0 Å². The molecule has 2 aromatic carbocycles. The summed E-state index contributed by atoms with van der Waals surface area (Å²) in [4.78, 5) is 38.0. The van der Waals surface area contributed by atoms with Crippen LogP contribution in [0.2, 0.25) is 0 Å². The van der Waals surface area contributed by atoms with Crippen molar-refractivity contribution >= 4 is 44.6 Å². The van der Waals surface area contributed by atoms with Crippen LogP contribution in [-0.2, 0) is 22.9 Å². The van der Waals surface area contributed by atoms with E-state index in [0.29, 0.717) is 10.4 Å². The number of sulfonamides is 1. The molecule has 10 heteroatoms. The van der Waals surface area contributed by atoms with E-state index >= 15 is 0 Å². The van der Waals surface area contributed by atoms with Gasteiger partial charge in [0.05, 0.1) is 9.77 Å². The van der Waals surface area contributed by atoms with E-state index in [1.807, 2.05) is 6.07 Å². The topological polar surface area (TPSA) is 121 Å². The maximum Gasteiger partial charge on any atom is 0.279 e. The Bertz CT molecular complexity index is 1320. The molecule has 8 nitrogen and oxygen atoms in total. The molecule has 0 radical (unpaired) electrons. The van der Waals surface area contributed by atoms with Crippen LogP contribution in [0, 0.1) is 0 Å². The van der Waals surface area contributed by atoms with Gasteiger partial charge in [-0.05, 0) is 80.6 Å². The van der Waals surface area contributed by atoms with Gasteiger partial charge >= 0.3 is 0 Å². The number of hydrogen-bond donors (Lipinski definition) is 3. The Hall–Kier alpha value is -3.50. The molecule has 0 atom stereocenters. The van der Waals surface area contributed by atoms with Gasteiger partial charge < -0.3 is 0 Å². The highest BCUT2D eigenvalue weighted by Gasteiger charge is 2.18. The van der Waals surface area contributed by atoms with Crippen molar-refractivity contribution in [2.24, 2.45) is 0 Å². The normalized spacial score (nSPS) is 13.0. The summed E-state index contributed by atoms with van der Waals surface area (Å²) in [5, 5.41) is 0. The second-order valence-corrected chi connectivity index (χ2v) is 10.8. The number of ketones is 1. The number of amides is 2. The van der Waals surface area contributed by atoms with Gasteiger partial charge in [0.15, 0.2) is 5.78 Å². The molecule has 4 rings (SSSR count). The molecule has 0 fully saturated rings. The Morgan fingerprint density at radius 1 is 0.824 bits per heavy atom. The zero-order valence-electron chi connectivity index (χ0n) is 18.4. The molecule has 1 aliphatic carbocycles. The first kappa shape index (κ1) is 23.7. The minimum atomic E-state index is -3.86. The summed E-state index contributed by atoms with van der Waals surface area (Å²) in [6, 6.07) is 13.3. The van der Waals surface area contributed by atoms with Crippen LogP contribution in [0.15, 0.2) is 59.5 Å². The van der Waals surface area contributed by atoms with E-state index in [9.17, 15) is 22.8 Å². The molecule has 0 unspecified atom stereocenters. The predicted molar refractivity (Wildman–Crippen MR) is 130 cm³/mol. The van der Waals surface area contributed by atoms with Gasteiger partial charge in [-0.1, -0.05) is 12.1 Å². The molecule has 1 aromatic heterocycles. The highest BCUT2D eigenvalue weighted by molar-refractivity contribution is 7.92. The number of carbonyl (C=O) groups is 3. The van der Waals surface area contributed by atoms with Gasteiger partial charge in [-0.15, -0.1) is 11.3 Å². The molecule has 0 saturated carbocycles. The van der Waals surface area contributed by atoms with Crippen LogP contribution in [0.5, 0.6) is 0 Å². The van der Waals surface area contributed by atoms with Crippen molar-refractivity contribution in [3.05, 3.63) is 81.0 Å². The largest absolute Gasteiger partial charge is 0.295 e. The van der Waals surface area contributed by atoms with Crippen LogP contribution in [0.1, 0.15) is 60.6 Å². The second kappa shape index (κ2) is 9.78. The molecule has 176 valence electrons. The first-order valence-electron chi connectivity index (χ1n) is 10.7. The van der Waals surface area contributed by atoms with Crippen molar-refractivity contribution < 1.29 is 22.8 Å². The summed E-state index contributed by atoms with van der Waals surface area (Å²) in [6.45, 7) is 1.40. The summed E-state index contributed by atoms with van der Waals surface area (Å²) in [5.74, 6) is -1.05. The van der Waals surface area contributed by atoms with Crippen molar-refractivity contribution in [2.45, 2.75) is 37.5 Å². The van der Waals surface area contributed by atoms with E-state index in [0.717, 1.165) is 25.7 Å². The molecule has 3 aromatic rings. The van der Waals surface area contributed by atoms with Crippen LogP contribution < -0.4 is 15.6 Å². The third kappa shape index (κ3) is 5.35. The molecular formula is C24H23N3O5S2. The second-order valence-electron chi connectivity index (χ2n) is 7.94. The Morgan fingerprint density at radius 3 is 2.09 bits per heavy atom. The fourth-order valence-electron chi connectivity index (χ4n) is 3.62. The van der Waals surface area contributed by atoms with E-state index in [4.69, 9.17) is 0 Å². The third-order valence-electron chi connectivity index (χ3n) is 5.48. The highest BCUT2D eigenvalue weighted by atomic mass is 32.2. The number of rotatable bonds is 6. The minimum Gasteiger partial charge on any atom is -0.295 e. The fraction of sp³-hybridized carbons (Fsp3) is 0.208. The number of hydrogen-bond acceptors (Lipinski definition) is 6. The monoisotopic (exact) mass is 497 g/mol. The predicted octanol–water partition coefficient (Wildman–Crippen LogP) is 3.71. The van der Waals surface area contributed by atoms with E-state index in [2.05, 4.69) is 15.6 Å². The summed E-state index contributed by atoms with van der Waals surface area (Å²) in [6.07, 6.45) is 4.22. The smallest absolute Gasteiger partial charge is 0.279 e. The lowest BCUT2D eigenvalue weighted by Gasteiger charge is -2.10. The number of hydrazine groups is 1. The standard InChI is InChI=1S/C24H23N3O5S2/c1-15(28)16-8-12-20(13-9-16)34(31,32)27-19-10-6-17(7-11-19)23(29)25-26-24(30)22-14-18-4-2-3-5-21(18)33-22/h6-14,27H,2-5H2,1H3,(H,25,29)(H,26,30). The lowest BCUT2D eigenvalue weighted by atomic mass is 9.99. The van der Waals surface area contributed by atoms with Gasteiger partial charge in [0.1, 0.15) is 0 Å². The molecule has 1 aliphatic rings. The van der Waals surface area contributed by atoms with Crippen LogP contribution >= 0.6 is 11.3 Å². The maximum absolute atomic E-state index is 12.6. The van der Waals surface area contributed by atoms with Crippen LogP contribution in [0.4, 0.5) is 5.69 Å². The van der Waals surface area contributed by atoms with Crippen molar-refractivity contribution in [2.75, 3.05) is 4.72 Å². The number of benzene rings is 2.